The summed E-state index contributed by atoms with van der Waals surface area (Å²) in [5.74, 6) is 1.28. The van der Waals surface area contributed by atoms with Gasteiger partial charge in [0.05, 0.1) is 6.61 Å². The molecule has 1 aliphatic carbocycles. The molecule has 14 heavy (non-hydrogen) atoms. The Morgan fingerprint density at radius 1 is 1.29 bits per heavy atom. The largest absolute Gasteiger partial charge is 0.466 e. The first-order chi connectivity index (χ1) is 6.83. The van der Waals surface area contributed by atoms with Crippen LogP contribution in [0.5, 0.6) is 0 Å². The van der Waals surface area contributed by atoms with E-state index in [-0.39, 0.29) is 5.97 Å². The van der Waals surface area contributed by atoms with E-state index in [0.29, 0.717) is 13.0 Å². The minimum atomic E-state index is -0.0741. The van der Waals surface area contributed by atoms with Crippen LogP contribution in [0.25, 0.3) is 0 Å². The summed E-state index contributed by atoms with van der Waals surface area (Å²) in [5, 5.41) is 0. The lowest BCUT2D eigenvalue weighted by Crippen LogP contribution is -2.03. The number of ether oxygens (including phenoxy) is 1. The Balaban J connectivity index is 1.90. The van der Waals surface area contributed by atoms with Crippen molar-refractivity contribution < 1.29 is 9.53 Å². The molecule has 2 heteroatoms. The maximum Gasteiger partial charge on any atom is 0.305 e. The van der Waals surface area contributed by atoms with Crippen LogP contribution in [-0.2, 0) is 9.53 Å². The van der Waals surface area contributed by atoms with E-state index >= 15 is 0 Å². The highest BCUT2D eigenvalue weighted by molar-refractivity contribution is 5.69. The lowest BCUT2D eigenvalue weighted by atomic mass is 10.00. The van der Waals surface area contributed by atoms with E-state index in [9.17, 15) is 4.79 Å². The molecule has 77 valence electrons. The van der Waals surface area contributed by atoms with E-state index in [4.69, 9.17) is 4.74 Å². The molecule has 0 N–H and O–H groups in total. The minimum Gasteiger partial charge on any atom is -0.466 e. The Hall–Kier alpha value is -0.530. The van der Waals surface area contributed by atoms with Gasteiger partial charge in [-0.15, -0.1) is 0 Å². The average molecular weight is 193 g/mol. The SMILES string of the molecule is CCOC(=O)CCCC[C]1[CH][CH][CH][CH]1. The van der Waals surface area contributed by atoms with Crippen LogP contribution in [0.2, 0.25) is 0 Å². The molecule has 0 unspecified atom stereocenters. The van der Waals surface area contributed by atoms with Crippen molar-refractivity contribution in [3.8, 4) is 0 Å². The molecular formula is C12H17O2. The Bertz CT molecular complexity index is 160. The van der Waals surface area contributed by atoms with Crippen LogP contribution in [0.1, 0.15) is 32.6 Å². The molecule has 0 atom stereocenters. The standard InChI is InChI=1S/C12H17O2/c1-2-14-12(13)10-6-5-9-11-7-3-4-8-11/h3-4,7-8H,2,5-6,9-10H2,1H3. The van der Waals surface area contributed by atoms with Crippen molar-refractivity contribution in [2.24, 2.45) is 0 Å². The van der Waals surface area contributed by atoms with Crippen LogP contribution in [0.15, 0.2) is 0 Å². The lowest BCUT2D eigenvalue weighted by Gasteiger charge is -2.06. The molecule has 1 saturated carbocycles. The van der Waals surface area contributed by atoms with E-state index < -0.39 is 0 Å². The van der Waals surface area contributed by atoms with E-state index in [1.54, 1.807) is 0 Å². The Kier molecular flexibility index (Phi) is 5.65. The summed E-state index contributed by atoms with van der Waals surface area (Å²) in [6.07, 6.45) is 11.9. The van der Waals surface area contributed by atoms with E-state index in [0.717, 1.165) is 19.3 Å². The minimum absolute atomic E-state index is 0.0741. The fourth-order valence-electron chi connectivity index (χ4n) is 1.41. The van der Waals surface area contributed by atoms with Gasteiger partial charge in [0.1, 0.15) is 0 Å². The average Bonchev–Trinajstić information content (AvgIpc) is 2.65. The van der Waals surface area contributed by atoms with Crippen LogP contribution in [0.3, 0.4) is 0 Å². The van der Waals surface area contributed by atoms with Crippen molar-refractivity contribution in [1.82, 2.24) is 0 Å². The van der Waals surface area contributed by atoms with Gasteiger partial charge in [0.25, 0.3) is 0 Å². The van der Waals surface area contributed by atoms with Gasteiger partial charge in [-0.3, -0.25) is 4.79 Å². The Morgan fingerprint density at radius 3 is 2.64 bits per heavy atom. The van der Waals surface area contributed by atoms with Gasteiger partial charge in [-0.25, -0.2) is 0 Å². The van der Waals surface area contributed by atoms with E-state index in [1.807, 2.05) is 19.8 Å². The highest BCUT2D eigenvalue weighted by Gasteiger charge is 2.15. The smallest absolute Gasteiger partial charge is 0.305 e. The van der Waals surface area contributed by atoms with Crippen LogP contribution in [0.4, 0.5) is 0 Å². The second-order valence-electron chi connectivity index (χ2n) is 3.31. The lowest BCUT2D eigenvalue weighted by molar-refractivity contribution is -0.143. The molecule has 0 aromatic carbocycles. The summed E-state index contributed by atoms with van der Waals surface area (Å²) in [4.78, 5) is 11.0. The number of rotatable bonds is 6. The summed E-state index contributed by atoms with van der Waals surface area (Å²) in [6, 6.07) is 0. The summed E-state index contributed by atoms with van der Waals surface area (Å²) in [6.45, 7) is 2.32. The zero-order chi connectivity index (χ0) is 10.2. The molecule has 0 aliphatic heterocycles. The van der Waals surface area contributed by atoms with Gasteiger partial charge in [-0.1, -0.05) is 6.42 Å². The van der Waals surface area contributed by atoms with Crippen LogP contribution in [-0.4, -0.2) is 12.6 Å². The molecule has 0 aromatic rings. The maximum atomic E-state index is 11.0. The van der Waals surface area contributed by atoms with Crippen LogP contribution >= 0.6 is 0 Å². The van der Waals surface area contributed by atoms with Gasteiger partial charge in [-0.05, 0) is 51.4 Å². The number of carbonyl (C=O) groups is 1. The molecule has 1 aliphatic rings. The van der Waals surface area contributed by atoms with Crippen LogP contribution in [0, 0.1) is 31.6 Å². The second kappa shape index (κ2) is 6.86. The molecule has 5 radical (unpaired) electrons. The predicted molar refractivity (Wildman–Crippen MR) is 55.5 cm³/mol. The van der Waals surface area contributed by atoms with Gasteiger partial charge in [-0.2, -0.15) is 0 Å². The normalized spacial score (nSPS) is 17.2. The van der Waals surface area contributed by atoms with Gasteiger partial charge >= 0.3 is 5.97 Å². The van der Waals surface area contributed by atoms with Crippen molar-refractivity contribution >= 4 is 5.97 Å². The maximum absolute atomic E-state index is 11.0. The molecule has 0 bridgehead atoms. The van der Waals surface area contributed by atoms with Gasteiger partial charge in [0, 0.05) is 6.42 Å². The summed E-state index contributed by atoms with van der Waals surface area (Å²) < 4.78 is 4.84. The summed E-state index contributed by atoms with van der Waals surface area (Å²) >= 11 is 0. The second-order valence-corrected chi connectivity index (χ2v) is 3.31. The Labute approximate surface area is 87.0 Å². The molecule has 1 fully saturated rings. The molecule has 0 aromatic heterocycles. The Morgan fingerprint density at radius 2 is 2.00 bits per heavy atom. The number of unbranched alkanes of at least 4 members (excludes halogenated alkanes) is 1. The third-order valence-corrected chi connectivity index (χ3v) is 2.13. The van der Waals surface area contributed by atoms with Gasteiger partial charge < -0.3 is 4.74 Å². The van der Waals surface area contributed by atoms with Gasteiger partial charge in [0.15, 0.2) is 0 Å². The first-order valence-electron chi connectivity index (χ1n) is 5.19. The third kappa shape index (κ3) is 4.64. The van der Waals surface area contributed by atoms with Crippen molar-refractivity contribution in [3.63, 3.8) is 0 Å². The quantitative estimate of drug-likeness (QED) is 0.478. The fraction of sp³-hybridized carbons (Fsp3) is 0.500. The van der Waals surface area contributed by atoms with E-state index in [2.05, 4.69) is 12.8 Å². The van der Waals surface area contributed by atoms with Crippen molar-refractivity contribution in [2.45, 2.75) is 32.6 Å². The number of esters is 1. The highest BCUT2D eigenvalue weighted by Crippen LogP contribution is 2.27. The number of hydrogen-bond donors (Lipinski definition) is 0. The summed E-state index contributed by atoms with van der Waals surface area (Å²) in [5.41, 5.74) is 0. The van der Waals surface area contributed by atoms with Crippen LogP contribution < -0.4 is 0 Å². The molecule has 0 heterocycles. The molecular weight excluding hydrogens is 176 g/mol. The molecule has 2 nitrogen and oxygen atoms in total. The summed E-state index contributed by atoms with van der Waals surface area (Å²) in [7, 11) is 0. The van der Waals surface area contributed by atoms with E-state index in [1.165, 1.54) is 5.92 Å². The zero-order valence-electron chi connectivity index (χ0n) is 8.66. The third-order valence-electron chi connectivity index (χ3n) is 2.13. The first kappa shape index (κ1) is 11.5. The first-order valence-corrected chi connectivity index (χ1v) is 5.19. The molecule has 1 rings (SSSR count). The molecule has 0 amide bonds. The molecule has 0 spiro atoms. The monoisotopic (exact) mass is 193 g/mol. The predicted octanol–water partition coefficient (Wildman–Crippen LogP) is 2.52. The zero-order valence-corrected chi connectivity index (χ0v) is 8.66. The number of carbonyl (C=O) groups excluding carboxylic acids is 1. The van der Waals surface area contributed by atoms with Crippen molar-refractivity contribution in [3.05, 3.63) is 31.6 Å². The highest BCUT2D eigenvalue weighted by atomic mass is 16.5. The van der Waals surface area contributed by atoms with Crippen molar-refractivity contribution in [2.75, 3.05) is 6.61 Å². The van der Waals surface area contributed by atoms with Crippen molar-refractivity contribution in [1.29, 1.82) is 0 Å². The fourth-order valence-corrected chi connectivity index (χ4v) is 1.41. The molecule has 0 saturated heterocycles. The number of hydrogen-bond acceptors (Lipinski definition) is 2. The van der Waals surface area contributed by atoms with Gasteiger partial charge in [0.2, 0.25) is 0 Å². The topological polar surface area (TPSA) is 26.3 Å².